The Kier molecular flexibility index (Phi) is 6.17. The summed E-state index contributed by atoms with van der Waals surface area (Å²) in [6.07, 6.45) is 3.21. The number of benzene rings is 1. The second kappa shape index (κ2) is 8.76. The highest BCUT2D eigenvalue weighted by atomic mass is 16.2. The molecule has 6 nitrogen and oxygen atoms in total. The Hall–Kier alpha value is -2.47. The predicted molar refractivity (Wildman–Crippen MR) is 101 cm³/mol. The highest BCUT2D eigenvalue weighted by Crippen LogP contribution is 2.18. The summed E-state index contributed by atoms with van der Waals surface area (Å²) >= 11 is 0. The van der Waals surface area contributed by atoms with Crippen LogP contribution in [0.1, 0.15) is 48.3 Å². The van der Waals surface area contributed by atoms with Gasteiger partial charge < -0.3 is 10.2 Å². The van der Waals surface area contributed by atoms with Gasteiger partial charge in [-0.1, -0.05) is 37.3 Å². The number of amides is 1. The molecular formula is C20H26N4O2. The number of aromatic nitrogens is 2. The molecule has 26 heavy (non-hydrogen) atoms. The first-order valence-electron chi connectivity index (χ1n) is 9.33. The van der Waals surface area contributed by atoms with Crippen molar-refractivity contribution in [2.24, 2.45) is 0 Å². The van der Waals surface area contributed by atoms with Gasteiger partial charge in [-0.05, 0) is 44.0 Å². The fraction of sp³-hybridized carbons (Fsp3) is 0.450. The van der Waals surface area contributed by atoms with Crippen LogP contribution in [0.25, 0.3) is 0 Å². The molecule has 2 aromatic rings. The number of hydrogen-bond acceptors (Lipinski definition) is 4. The molecule has 1 saturated heterocycles. The van der Waals surface area contributed by atoms with Crippen LogP contribution in [-0.2, 0) is 6.54 Å². The predicted octanol–water partition coefficient (Wildman–Crippen LogP) is 2.22. The average molecular weight is 354 g/mol. The number of hydrogen-bond donors (Lipinski definition) is 1. The third kappa shape index (κ3) is 4.58. The van der Waals surface area contributed by atoms with E-state index in [1.54, 1.807) is 0 Å². The summed E-state index contributed by atoms with van der Waals surface area (Å²) < 4.78 is 1.35. The van der Waals surface area contributed by atoms with E-state index >= 15 is 0 Å². The molecule has 1 atom stereocenters. The molecule has 0 spiro atoms. The summed E-state index contributed by atoms with van der Waals surface area (Å²) in [5.74, 6) is -0.247. The SMILES string of the molecule is CCCn1nc(C(=O)NC(CN2CCCC2)c2ccccc2)ccc1=O. The number of aryl methyl sites for hydroxylation is 1. The van der Waals surface area contributed by atoms with Crippen molar-refractivity contribution in [3.63, 3.8) is 0 Å². The largest absolute Gasteiger partial charge is 0.343 e. The maximum atomic E-state index is 12.8. The molecule has 1 aromatic carbocycles. The molecule has 1 unspecified atom stereocenters. The van der Waals surface area contributed by atoms with Gasteiger partial charge in [0, 0.05) is 19.2 Å². The fourth-order valence-corrected chi connectivity index (χ4v) is 3.32. The number of nitrogens with one attached hydrogen (secondary N) is 1. The van der Waals surface area contributed by atoms with Gasteiger partial charge in [-0.2, -0.15) is 5.10 Å². The van der Waals surface area contributed by atoms with Crippen LogP contribution in [0, 0.1) is 0 Å². The Labute approximate surface area is 153 Å². The highest BCUT2D eigenvalue weighted by molar-refractivity contribution is 5.92. The molecule has 1 aliphatic heterocycles. The van der Waals surface area contributed by atoms with Crippen LogP contribution < -0.4 is 10.9 Å². The number of carbonyl (C=O) groups is 1. The van der Waals surface area contributed by atoms with Gasteiger partial charge in [-0.15, -0.1) is 0 Å². The molecule has 6 heteroatoms. The summed E-state index contributed by atoms with van der Waals surface area (Å²) in [7, 11) is 0. The second-order valence-electron chi connectivity index (χ2n) is 6.72. The molecule has 0 saturated carbocycles. The number of nitrogens with zero attached hydrogens (tertiary/aromatic N) is 3. The van der Waals surface area contributed by atoms with E-state index in [0.717, 1.165) is 31.6 Å². The zero-order valence-electron chi connectivity index (χ0n) is 15.2. The first-order valence-corrected chi connectivity index (χ1v) is 9.33. The lowest BCUT2D eigenvalue weighted by Crippen LogP contribution is -2.38. The van der Waals surface area contributed by atoms with Crippen molar-refractivity contribution in [1.82, 2.24) is 20.0 Å². The Morgan fingerprint density at radius 1 is 1.15 bits per heavy atom. The number of carbonyl (C=O) groups excluding carboxylic acids is 1. The summed E-state index contributed by atoms with van der Waals surface area (Å²) in [6, 6.07) is 12.8. The van der Waals surface area contributed by atoms with Crippen molar-refractivity contribution in [3.8, 4) is 0 Å². The van der Waals surface area contributed by atoms with Gasteiger partial charge in [0.1, 0.15) is 5.69 Å². The van der Waals surface area contributed by atoms with E-state index in [1.807, 2.05) is 37.3 Å². The molecule has 2 heterocycles. The molecular weight excluding hydrogens is 328 g/mol. The van der Waals surface area contributed by atoms with Crippen molar-refractivity contribution in [3.05, 3.63) is 64.1 Å². The molecule has 0 aliphatic carbocycles. The van der Waals surface area contributed by atoms with E-state index in [9.17, 15) is 9.59 Å². The van der Waals surface area contributed by atoms with Crippen LogP contribution in [0.15, 0.2) is 47.3 Å². The quantitative estimate of drug-likeness (QED) is 0.828. The van der Waals surface area contributed by atoms with Crippen LogP contribution in [0.5, 0.6) is 0 Å². The molecule has 1 aromatic heterocycles. The normalized spacial score (nSPS) is 15.7. The van der Waals surface area contributed by atoms with Crippen molar-refractivity contribution >= 4 is 5.91 Å². The highest BCUT2D eigenvalue weighted by Gasteiger charge is 2.22. The van der Waals surface area contributed by atoms with Gasteiger partial charge in [0.15, 0.2) is 0 Å². The maximum absolute atomic E-state index is 12.8. The van der Waals surface area contributed by atoms with Gasteiger partial charge >= 0.3 is 0 Å². The number of rotatable bonds is 7. The van der Waals surface area contributed by atoms with Gasteiger partial charge in [0.2, 0.25) is 0 Å². The lowest BCUT2D eigenvalue weighted by molar-refractivity contribution is 0.0919. The minimum atomic E-state index is -0.247. The Morgan fingerprint density at radius 2 is 1.88 bits per heavy atom. The summed E-state index contributed by atoms with van der Waals surface area (Å²) in [4.78, 5) is 27.0. The van der Waals surface area contributed by atoms with Crippen LogP contribution in [0.3, 0.4) is 0 Å². The van der Waals surface area contributed by atoms with E-state index < -0.39 is 0 Å². The van der Waals surface area contributed by atoms with Crippen molar-refractivity contribution in [2.45, 2.75) is 38.8 Å². The standard InChI is InChI=1S/C20H26N4O2/c1-2-12-24-19(25)11-10-17(22-24)20(26)21-18(15-23-13-6-7-14-23)16-8-4-3-5-9-16/h3-5,8-11,18H,2,6-7,12-15H2,1H3,(H,21,26). The third-order valence-corrected chi connectivity index (χ3v) is 4.68. The van der Waals surface area contributed by atoms with Gasteiger partial charge in [-0.25, -0.2) is 4.68 Å². The summed E-state index contributed by atoms with van der Waals surface area (Å²) in [5, 5.41) is 7.33. The number of likely N-dealkylation sites (tertiary alicyclic amines) is 1. The average Bonchev–Trinajstić information content (AvgIpc) is 3.17. The molecule has 0 bridgehead atoms. The summed E-state index contributed by atoms with van der Waals surface area (Å²) in [6.45, 7) is 5.40. The molecule has 0 radical (unpaired) electrons. The topological polar surface area (TPSA) is 67.2 Å². The van der Waals surface area contributed by atoms with E-state index in [-0.39, 0.29) is 23.2 Å². The van der Waals surface area contributed by atoms with Gasteiger partial charge in [0.05, 0.1) is 6.04 Å². The van der Waals surface area contributed by atoms with Crippen molar-refractivity contribution in [1.29, 1.82) is 0 Å². The smallest absolute Gasteiger partial charge is 0.272 e. The van der Waals surface area contributed by atoms with Crippen LogP contribution in [0.2, 0.25) is 0 Å². The third-order valence-electron chi connectivity index (χ3n) is 4.68. The second-order valence-corrected chi connectivity index (χ2v) is 6.72. The van der Waals surface area contributed by atoms with Gasteiger partial charge in [0.25, 0.3) is 11.5 Å². The lowest BCUT2D eigenvalue weighted by Gasteiger charge is -2.25. The van der Waals surface area contributed by atoms with E-state index in [4.69, 9.17) is 0 Å². The first kappa shape index (κ1) is 18.3. The molecule has 1 aliphatic rings. The zero-order chi connectivity index (χ0) is 18.4. The van der Waals surface area contributed by atoms with Crippen molar-refractivity contribution in [2.75, 3.05) is 19.6 Å². The fourth-order valence-electron chi connectivity index (χ4n) is 3.32. The van der Waals surface area contributed by atoms with Crippen molar-refractivity contribution < 1.29 is 4.79 Å². The van der Waals surface area contributed by atoms with E-state index in [1.165, 1.54) is 29.7 Å². The summed E-state index contributed by atoms with van der Waals surface area (Å²) in [5.41, 5.74) is 1.18. The molecule has 1 amide bonds. The minimum Gasteiger partial charge on any atom is -0.343 e. The Balaban J connectivity index is 1.78. The zero-order valence-corrected chi connectivity index (χ0v) is 15.2. The molecule has 138 valence electrons. The maximum Gasteiger partial charge on any atom is 0.272 e. The lowest BCUT2D eigenvalue weighted by atomic mass is 10.1. The first-order chi connectivity index (χ1) is 12.7. The van der Waals surface area contributed by atoms with E-state index in [2.05, 4.69) is 15.3 Å². The molecule has 1 N–H and O–H groups in total. The van der Waals surface area contributed by atoms with Gasteiger partial charge in [-0.3, -0.25) is 9.59 Å². The Morgan fingerprint density at radius 3 is 2.58 bits per heavy atom. The molecule has 3 rings (SSSR count). The van der Waals surface area contributed by atoms with Crippen LogP contribution >= 0.6 is 0 Å². The Bertz CT molecular complexity index is 782. The van der Waals surface area contributed by atoms with Crippen LogP contribution in [-0.4, -0.2) is 40.2 Å². The van der Waals surface area contributed by atoms with Crippen LogP contribution in [0.4, 0.5) is 0 Å². The minimum absolute atomic E-state index is 0.102. The van der Waals surface area contributed by atoms with E-state index in [0.29, 0.717) is 6.54 Å². The molecule has 1 fully saturated rings. The monoisotopic (exact) mass is 354 g/mol.